The van der Waals surface area contributed by atoms with E-state index >= 15 is 0 Å². The first-order chi connectivity index (χ1) is 6.02. The van der Waals surface area contributed by atoms with Crippen LogP contribution >= 0.6 is 0 Å². The summed E-state index contributed by atoms with van der Waals surface area (Å²) in [6.07, 6.45) is 0.947. The summed E-state index contributed by atoms with van der Waals surface area (Å²) in [6, 6.07) is 0. The Morgan fingerprint density at radius 3 is 2.38 bits per heavy atom. The van der Waals surface area contributed by atoms with Gasteiger partial charge < -0.3 is 10.3 Å². The molecule has 0 aliphatic rings. The molecule has 13 heavy (non-hydrogen) atoms. The van der Waals surface area contributed by atoms with Crippen LogP contribution < -0.4 is 5.73 Å². The van der Waals surface area contributed by atoms with Crippen LogP contribution in [0.25, 0.3) is 0 Å². The molecule has 0 saturated heterocycles. The molecule has 0 unspecified atom stereocenters. The van der Waals surface area contributed by atoms with Gasteiger partial charge in [-0.2, -0.15) is 0 Å². The zero-order valence-corrected chi connectivity index (χ0v) is 8.79. The summed E-state index contributed by atoms with van der Waals surface area (Å²) in [4.78, 5) is 0. The summed E-state index contributed by atoms with van der Waals surface area (Å²) in [7, 11) is 0. The van der Waals surface area contributed by atoms with Gasteiger partial charge in [-0.25, -0.2) is 0 Å². The molecule has 0 aliphatic carbocycles. The maximum Gasteiger partial charge on any atom is 0.225 e. The molecule has 0 aliphatic heterocycles. The van der Waals surface area contributed by atoms with Crippen molar-refractivity contribution in [2.75, 3.05) is 5.73 Å². The van der Waals surface area contributed by atoms with E-state index in [0.29, 0.717) is 17.7 Å². The lowest BCUT2D eigenvalue weighted by atomic mass is 9.98. The van der Waals surface area contributed by atoms with Crippen LogP contribution in [0.1, 0.15) is 44.9 Å². The van der Waals surface area contributed by atoms with Crippen molar-refractivity contribution in [3.63, 3.8) is 0 Å². The number of nitrogens with two attached hydrogens (primary N) is 1. The Bertz CT molecular complexity index is 276. The molecule has 0 atom stereocenters. The van der Waals surface area contributed by atoms with Gasteiger partial charge in [-0.05, 0) is 18.3 Å². The SMILES string of the molecule is CC(C)Cc1c(C(C)C)noc1N. The molecule has 0 aromatic carbocycles. The van der Waals surface area contributed by atoms with Crippen LogP contribution in [0.3, 0.4) is 0 Å². The van der Waals surface area contributed by atoms with Gasteiger partial charge in [-0.1, -0.05) is 32.9 Å². The Kier molecular flexibility index (Phi) is 2.96. The summed E-state index contributed by atoms with van der Waals surface area (Å²) in [6.45, 7) is 8.52. The summed E-state index contributed by atoms with van der Waals surface area (Å²) in [5, 5.41) is 3.97. The Morgan fingerprint density at radius 1 is 1.31 bits per heavy atom. The van der Waals surface area contributed by atoms with Crippen molar-refractivity contribution in [2.24, 2.45) is 5.92 Å². The number of anilines is 1. The molecule has 1 heterocycles. The largest absolute Gasteiger partial charge is 0.367 e. The van der Waals surface area contributed by atoms with Crippen LogP contribution in [-0.2, 0) is 6.42 Å². The smallest absolute Gasteiger partial charge is 0.225 e. The highest BCUT2D eigenvalue weighted by Gasteiger charge is 2.16. The van der Waals surface area contributed by atoms with E-state index in [1.165, 1.54) is 0 Å². The van der Waals surface area contributed by atoms with E-state index in [0.717, 1.165) is 17.7 Å². The van der Waals surface area contributed by atoms with Gasteiger partial charge >= 0.3 is 0 Å². The topological polar surface area (TPSA) is 52.0 Å². The van der Waals surface area contributed by atoms with Crippen LogP contribution in [0.2, 0.25) is 0 Å². The summed E-state index contributed by atoms with van der Waals surface area (Å²) < 4.78 is 4.99. The van der Waals surface area contributed by atoms with E-state index in [-0.39, 0.29) is 0 Å². The molecule has 0 saturated carbocycles. The van der Waals surface area contributed by atoms with Crippen molar-refractivity contribution in [2.45, 2.75) is 40.0 Å². The number of rotatable bonds is 3. The molecular formula is C10H18N2O. The summed E-state index contributed by atoms with van der Waals surface area (Å²) in [5.74, 6) is 1.45. The highest BCUT2D eigenvalue weighted by atomic mass is 16.5. The zero-order valence-electron chi connectivity index (χ0n) is 8.79. The first kappa shape index (κ1) is 10.1. The monoisotopic (exact) mass is 182 g/mol. The maximum atomic E-state index is 5.70. The van der Waals surface area contributed by atoms with E-state index in [1.54, 1.807) is 0 Å². The molecule has 1 aromatic heterocycles. The average Bonchev–Trinajstić information content (AvgIpc) is 2.32. The second-order valence-electron chi connectivity index (χ2n) is 4.16. The number of hydrogen-bond acceptors (Lipinski definition) is 3. The zero-order chi connectivity index (χ0) is 10.0. The van der Waals surface area contributed by atoms with Crippen molar-refractivity contribution in [3.8, 4) is 0 Å². The van der Waals surface area contributed by atoms with E-state index in [2.05, 4.69) is 32.9 Å². The fraction of sp³-hybridized carbons (Fsp3) is 0.700. The summed E-state index contributed by atoms with van der Waals surface area (Å²) >= 11 is 0. The van der Waals surface area contributed by atoms with Crippen molar-refractivity contribution < 1.29 is 4.52 Å². The molecule has 1 aromatic rings. The van der Waals surface area contributed by atoms with Gasteiger partial charge in [-0.3, -0.25) is 0 Å². The third-order valence-electron chi connectivity index (χ3n) is 2.01. The minimum Gasteiger partial charge on any atom is -0.367 e. The van der Waals surface area contributed by atoms with Gasteiger partial charge in [-0.15, -0.1) is 0 Å². The lowest BCUT2D eigenvalue weighted by Gasteiger charge is -2.06. The van der Waals surface area contributed by atoms with E-state index < -0.39 is 0 Å². The van der Waals surface area contributed by atoms with Gasteiger partial charge in [0.15, 0.2) is 0 Å². The third kappa shape index (κ3) is 2.23. The molecule has 3 nitrogen and oxygen atoms in total. The number of nitrogens with zero attached hydrogens (tertiary/aromatic N) is 1. The predicted molar refractivity (Wildman–Crippen MR) is 53.5 cm³/mol. The van der Waals surface area contributed by atoms with Crippen molar-refractivity contribution >= 4 is 5.88 Å². The van der Waals surface area contributed by atoms with Crippen molar-refractivity contribution in [1.82, 2.24) is 5.16 Å². The number of aromatic nitrogens is 1. The van der Waals surface area contributed by atoms with Gasteiger partial charge in [0.25, 0.3) is 0 Å². The average molecular weight is 182 g/mol. The molecule has 0 radical (unpaired) electrons. The van der Waals surface area contributed by atoms with Crippen LogP contribution in [-0.4, -0.2) is 5.16 Å². The maximum absolute atomic E-state index is 5.70. The highest BCUT2D eigenvalue weighted by Crippen LogP contribution is 2.25. The van der Waals surface area contributed by atoms with Gasteiger partial charge in [0.2, 0.25) is 5.88 Å². The van der Waals surface area contributed by atoms with Crippen LogP contribution in [0.15, 0.2) is 4.52 Å². The van der Waals surface area contributed by atoms with E-state index in [1.807, 2.05) is 0 Å². The van der Waals surface area contributed by atoms with Gasteiger partial charge in [0.05, 0.1) is 5.69 Å². The predicted octanol–water partition coefficient (Wildman–Crippen LogP) is 2.58. The Morgan fingerprint density at radius 2 is 1.92 bits per heavy atom. The van der Waals surface area contributed by atoms with Gasteiger partial charge in [0, 0.05) is 5.56 Å². The molecule has 0 amide bonds. The fourth-order valence-corrected chi connectivity index (χ4v) is 1.40. The second-order valence-corrected chi connectivity index (χ2v) is 4.16. The molecule has 0 bridgehead atoms. The molecule has 3 heteroatoms. The minimum absolute atomic E-state index is 0.384. The molecule has 0 spiro atoms. The number of nitrogen functional groups attached to an aromatic ring is 1. The van der Waals surface area contributed by atoms with Crippen LogP contribution in [0.5, 0.6) is 0 Å². The fourth-order valence-electron chi connectivity index (χ4n) is 1.40. The normalized spacial score (nSPS) is 11.5. The van der Waals surface area contributed by atoms with Crippen molar-refractivity contribution in [1.29, 1.82) is 0 Å². The Hall–Kier alpha value is -0.990. The lowest BCUT2D eigenvalue weighted by Crippen LogP contribution is -2.01. The van der Waals surface area contributed by atoms with Gasteiger partial charge in [0.1, 0.15) is 0 Å². The van der Waals surface area contributed by atoms with Crippen LogP contribution in [0, 0.1) is 5.92 Å². The van der Waals surface area contributed by atoms with E-state index in [9.17, 15) is 0 Å². The van der Waals surface area contributed by atoms with Crippen LogP contribution in [0.4, 0.5) is 5.88 Å². The number of hydrogen-bond donors (Lipinski definition) is 1. The molecule has 0 fully saturated rings. The Labute approximate surface area is 79.3 Å². The molecule has 2 N–H and O–H groups in total. The molecule has 1 rings (SSSR count). The lowest BCUT2D eigenvalue weighted by molar-refractivity contribution is 0.423. The first-order valence-electron chi connectivity index (χ1n) is 4.76. The minimum atomic E-state index is 0.384. The molecule has 74 valence electrons. The highest BCUT2D eigenvalue weighted by molar-refractivity contribution is 5.40. The standard InChI is InChI=1S/C10H18N2O/c1-6(2)5-8-9(7(3)4)12-13-10(8)11/h6-7H,5,11H2,1-4H3. The quantitative estimate of drug-likeness (QED) is 0.781. The summed E-state index contributed by atoms with van der Waals surface area (Å²) in [5.41, 5.74) is 7.79. The first-order valence-corrected chi connectivity index (χ1v) is 4.76. The Balaban J connectivity index is 2.94. The molecular weight excluding hydrogens is 164 g/mol. The second kappa shape index (κ2) is 3.81. The van der Waals surface area contributed by atoms with Crippen molar-refractivity contribution in [3.05, 3.63) is 11.3 Å². The third-order valence-corrected chi connectivity index (χ3v) is 2.01. The van der Waals surface area contributed by atoms with E-state index in [4.69, 9.17) is 10.3 Å².